The van der Waals surface area contributed by atoms with Crippen molar-refractivity contribution in [3.63, 3.8) is 0 Å². The molecule has 1 aromatic rings. The van der Waals surface area contributed by atoms with E-state index in [1.165, 1.54) is 0 Å². The number of aryl methyl sites for hydroxylation is 1. The summed E-state index contributed by atoms with van der Waals surface area (Å²) in [6, 6.07) is 0.424. The van der Waals surface area contributed by atoms with E-state index in [1.54, 1.807) is 0 Å². The molecule has 1 aromatic heterocycles. The van der Waals surface area contributed by atoms with Gasteiger partial charge in [-0.2, -0.15) is 0 Å². The molecule has 1 aliphatic heterocycles. The number of anilines is 2. The van der Waals surface area contributed by atoms with Crippen molar-refractivity contribution in [3.05, 3.63) is 11.4 Å². The quantitative estimate of drug-likeness (QED) is 0.858. The SMILES string of the molecule is CNc1nc(C)nc(N(C)C2CCOC2)c1C. The Kier molecular flexibility index (Phi) is 3.47. The van der Waals surface area contributed by atoms with Crippen LogP contribution < -0.4 is 10.2 Å². The van der Waals surface area contributed by atoms with Gasteiger partial charge in [-0.15, -0.1) is 0 Å². The van der Waals surface area contributed by atoms with E-state index in [1.807, 2.05) is 20.9 Å². The second kappa shape index (κ2) is 4.87. The summed E-state index contributed by atoms with van der Waals surface area (Å²) in [6.07, 6.45) is 1.06. The first-order chi connectivity index (χ1) is 8.13. The third-order valence-electron chi connectivity index (χ3n) is 3.26. The average molecular weight is 236 g/mol. The van der Waals surface area contributed by atoms with E-state index < -0.39 is 0 Å². The van der Waals surface area contributed by atoms with Crippen molar-refractivity contribution in [1.29, 1.82) is 0 Å². The molecule has 0 spiro atoms. The van der Waals surface area contributed by atoms with E-state index in [9.17, 15) is 0 Å². The second-order valence-electron chi connectivity index (χ2n) is 4.45. The number of likely N-dealkylation sites (N-methyl/N-ethyl adjacent to an activating group) is 1. The normalized spacial score (nSPS) is 19.4. The number of hydrogen-bond donors (Lipinski definition) is 1. The minimum absolute atomic E-state index is 0.424. The summed E-state index contributed by atoms with van der Waals surface area (Å²) in [6.45, 7) is 5.60. The first-order valence-electron chi connectivity index (χ1n) is 5.97. The lowest BCUT2D eigenvalue weighted by Crippen LogP contribution is -2.33. The minimum Gasteiger partial charge on any atom is -0.379 e. The molecule has 17 heavy (non-hydrogen) atoms. The van der Waals surface area contributed by atoms with E-state index in [0.29, 0.717) is 6.04 Å². The first-order valence-corrected chi connectivity index (χ1v) is 5.97. The maximum Gasteiger partial charge on any atom is 0.137 e. The van der Waals surface area contributed by atoms with Crippen molar-refractivity contribution in [2.45, 2.75) is 26.3 Å². The van der Waals surface area contributed by atoms with Crippen LogP contribution in [0, 0.1) is 13.8 Å². The van der Waals surface area contributed by atoms with Crippen molar-refractivity contribution >= 4 is 11.6 Å². The molecule has 0 bridgehead atoms. The van der Waals surface area contributed by atoms with Gasteiger partial charge in [-0.05, 0) is 20.3 Å². The van der Waals surface area contributed by atoms with Crippen molar-refractivity contribution in [2.75, 3.05) is 37.5 Å². The van der Waals surface area contributed by atoms with Gasteiger partial charge in [0, 0.05) is 26.3 Å². The summed E-state index contributed by atoms with van der Waals surface area (Å²) in [5.74, 6) is 2.69. The monoisotopic (exact) mass is 236 g/mol. The number of nitrogens with zero attached hydrogens (tertiary/aromatic N) is 3. The van der Waals surface area contributed by atoms with Crippen LogP contribution in [0.4, 0.5) is 11.6 Å². The van der Waals surface area contributed by atoms with E-state index in [4.69, 9.17) is 4.74 Å². The Balaban J connectivity index is 2.33. The third-order valence-corrected chi connectivity index (χ3v) is 3.26. The highest BCUT2D eigenvalue weighted by Gasteiger charge is 2.23. The van der Waals surface area contributed by atoms with Crippen LogP contribution in [0.2, 0.25) is 0 Å². The number of rotatable bonds is 3. The lowest BCUT2D eigenvalue weighted by Gasteiger charge is -2.26. The van der Waals surface area contributed by atoms with Gasteiger partial charge in [0.2, 0.25) is 0 Å². The first kappa shape index (κ1) is 12.1. The van der Waals surface area contributed by atoms with Crippen LogP contribution in [0.3, 0.4) is 0 Å². The van der Waals surface area contributed by atoms with Gasteiger partial charge in [0.1, 0.15) is 17.5 Å². The average Bonchev–Trinajstić information content (AvgIpc) is 2.84. The summed E-state index contributed by atoms with van der Waals surface area (Å²) in [4.78, 5) is 11.1. The molecule has 5 heteroatoms. The summed E-state index contributed by atoms with van der Waals surface area (Å²) in [5.41, 5.74) is 1.09. The summed E-state index contributed by atoms with van der Waals surface area (Å²) >= 11 is 0. The van der Waals surface area contributed by atoms with Crippen LogP contribution in [0.5, 0.6) is 0 Å². The van der Waals surface area contributed by atoms with Crippen molar-refractivity contribution < 1.29 is 4.74 Å². The molecule has 1 unspecified atom stereocenters. The highest BCUT2D eigenvalue weighted by atomic mass is 16.5. The predicted molar refractivity (Wildman–Crippen MR) is 68.7 cm³/mol. The smallest absolute Gasteiger partial charge is 0.137 e. The Morgan fingerprint density at radius 2 is 2.12 bits per heavy atom. The van der Waals surface area contributed by atoms with E-state index in [0.717, 1.165) is 42.7 Å². The molecule has 2 heterocycles. The third kappa shape index (κ3) is 2.34. The van der Waals surface area contributed by atoms with E-state index in [2.05, 4.69) is 27.2 Å². The van der Waals surface area contributed by atoms with Gasteiger partial charge in [-0.1, -0.05) is 0 Å². The van der Waals surface area contributed by atoms with Gasteiger partial charge in [0.05, 0.1) is 12.6 Å². The Bertz CT molecular complexity index is 402. The van der Waals surface area contributed by atoms with Gasteiger partial charge in [-0.25, -0.2) is 9.97 Å². The highest BCUT2D eigenvalue weighted by Crippen LogP contribution is 2.25. The van der Waals surface area contributed by atoms with Crippen LogP contribution in [0.15, 0.2) is 0 Å². The fraction of sp³-hybridized carbons (Fsp3) is 0.667. The standard InChI is InChI=1S/C12H20N4O/c1-8-11(13-3)14-9(2)15-12(8)16(4)10-5-6-17-7-10/h10H,5-7H2,1-4H3,(H,13,14,15). The van der Waals surface area contributed by atoms with Crippen LogP contribution in [0.1, 0.15) is 17.8 Å². The zero-order chi connectivity index (χ0) is 12.4. The predicted octanol–water partition coefficient (Wildman–Crippen LogP) is 1.36. The molecular weight excluding hydrogens is 216 g/mol. The molecular formula is C12H20N4O. The molecule has 1 N–H and O–H groups in total. The molecule has 5 nitrogen and oxygen atoms in total. The maximum atomic E-state index is 5.43. The number of ether oxygens (including phenoxy) is 1. The van der Waals surface area contributed by atoms with Crippen molar-refractivity contribution in [3.8, 4) is 0 Å². The molecule has 0 radical (unpaired) electrons. The summed E-state index contributed by atoms with van der Waals surface area (Å²) < 4.78 is 5.43. The summed E-state index contributed by atoms with van der Waals surface area (Å²) in [5, 5.41) is 3.11. The van der Waals surface area contributed by atoms with Crippen LogP contribution in [-0.4, -0.2) is 43.3 Å². The molecule has 2 rings (SSSR count). The topological polar surface area (TPSA) is 50.3 Å². The highest BCUT2D eigenvalue weighted by molar-refractivity contribution is 5.58. The fourth-order valence-corrected chi connectivity index (χ4v) is 2.20. The molecule has 1 saturated heterocycles. The second-order valence-corrected chi connectivity index (χ2v) is 4.45. The minimum atomic E-state index is 0.424. The van der Waals surface area contributed by atoms with Gasteiger partial charge >= 0.3 is 0 Å². The zero-order valence-electron chi connectivity index (χ0n) is 10.9. The molecule has 0 aliphatic carbocycles. The Morgan fingerprint density at radius 1 is 1.35 bits per heavy atom. The molecule has 0 aromatic carbocycles. The zero-order valence-corrected chi connectivity index (χ0v) is 10.9. The molecule has 1 atom stereocenters. The lowest BCUT2D eigenvalue weighted by atomic mass is 10.2. The number of nitrogens with one attached hydrogen (secondary N) is 1. The molecule has 94 valence electrons. The van der Waals surface area contributed by atoms with Crippen LogP contribution in [0.25, 0.3) is 0 Å². The largest absolute Gasteiger partial charge is 0.379 e. The molecule has 0 saturated carbocycles. The Hall–Kier alpha value is -1.36. The fourth-order valence-electron chi connectivity index (χ4n) is 2.20. The van der Waals surface area contributed by atoms with Crippen molar-refractivity contribution in [1.82, 2.24) is 9.97 Å². The molecule has 1 aliphatic rings. The van der Waals surface area contributed by atoms with Gasteiger partial charge in [0.15, 0.2) is 0 Å². The van der Waals surface area contributed by atoms with E-state index >= 15 is 0 Å². The molecule has 1 fully saturated rings. The lowest BCUT2D eigenvalue weighted by molar-refractivity contribution is 0.193. The van der Waals surface area contributed by atoms with Crippen molar-refractivity contribution in [2.24, 2.45) is 0 Å². The maximum absolute atomic E-state index is 5.43. The van der Waals surface area contributed by atoms with Crippen LogP contribution >= 0.6 is 0 Å². The Labute approximate surface area is 102 Å². The molecule has 0 amide bonds. The Morgan fingerprint density at radius 3 is 2.71 bits per heavy atom. The number of aromatic nitrogens is 2. The summed E-state index contributed by atoms with van der Waals surface area (Å²) in [7, 11) is 3.96. The van der Waals surface area contributed by atoms with E-state index in [-0.39, 0.29) is 0 Å². The van der Waals surface area contributed by atoms with Gasteiger partial charge in [-0.3, -0.25) is 0 Å². The van der Waals surface area contributed by atoms with Gasteiger partial charge in [0.25, 0.3) is 0 Å². The van der Waals surface area contributed by atoms with Gasteiger partial charge < -0.3 is 15.0 Å². The van der Waals surface area contributed by atoms with Crippen LogP contribution in [-0.2, 0) is 4.74 Å². The number of hydrogen-bond acceptors (Lipinski definition) is 5.